The summed E-state index contributed by atoms with van der Waals surface area (Å²) in [7, 11) is 0. The van der Waals surface area contributed by atoms with E-state index in [4.69, 9.17) is 0 Å². The fraction of sp³-hybridized carbons (Fsp3) is 0.100. The second-order valence-electron chi connectivity index (χ2n) is 3.21. The Balaban J connectivity index is 2.07. The van der Waals surface area contributed by atoms with Gasteiger partial charge in [0.1, 0.15) is 12.4 Å². The highest BCUT2D eigenvalue weighted by Gasteiger charge is 2.25. The summed E-state index contributed by atoms with van der Waals surface area (Å²) >= 11 is 0. The quantitative estimate of drug-likeness (QED) is 0.590. The second kappa shape index (κ2) is 4.09. The van der Waals surface area contributed by atoms with Gasteiger partial charge < -0.3 is 0 Å². The number of nitrogens with one attached hydrogen (secondary N) is 1. The van der Waals surface area contributed by atoms with Gasteiger partial charge in [-0.15, -0.1) is 0 Å². The molecule has 0 aromatic heterocycles. The molecule has 82 valence electrons. The summed E-state index contributed by atoms with van der Waals surface area (Å²) in [6, 6.07) is 5.07. The zero-order chi connectivity index (χ0) is 11.5. The standard InChI is InChI=1S/C10H8FN3O2/c11-8-3-1-7(2-4-8)5-12-14-6-9(15)13-10(14)16/h1-5H,6H2,(H,13,15,16)/b12-5+. The van der Waals surface area contributed by atoms with Crippen molar-refractivity contribution in [2.24, 2.45) is 5.10 Å². The number of imide groups is 1. The third kappa shape index (κ3) is 2.22. The topological polar surface area (TPSA) is 61.8 Å². The third-order valence-electron chi connectivity index (χ3n) is 1.99. The van der Waals surface area contributed by atoms with Gasteiger partial charge in [0, 0.05) is 0 Å². The molecule has 0 saturated carbocycles. The minimum absolute atomic E-state index is 0.0868. The molecule has 5 nitrogen and oxygen atoms in total. The van der Waals surface area contributed by atoms with E-state index >= 15 is 0 Å². The van der Waals surface area contributed by atoms with Crippen LogP contribution in [0.15, 0.2) is 29.4 Å². The highest BCUT2D eigenvalue weighted by molar-refractivity contribution is 6.02. The van der Waals surface area contributed by atoms with E-state index in [1.54, 1.807) is 0 Å². The molecular weight excluding hydrogens is 213 g/mol. The van der Waals surface area contributed by atoms with Gasteiger partial charge in [-0.25, -0.2) is 14.2 Å². The second-order valence-corrected chi connectivity index (χ2v) is 3.21. The van der Waals surface area contributed by atoms with Gasteiger partial charge in [0.15, 0.2) is 0 Å². The molecule has 0 aliphatic carbocycles. The summed E-state index contributed by atoms with van der Waals surface area (Å²) < 4.78 is 12.6. The lowest BCUT2D eigenvalue weighted by Crippen LogP contribution is -2.24. The smallest absolute Gasteiger partial charge is 0.275 e. The van der Waals surface area contributed by atoms with E-state index < -0.39 is 6.03 Å². The molecular formula is C10H8FN3O2. The van der Waals surface area contributed by atoms with Gasteiger partial charge >= 0.3 is 6.03 Å². The van der Waals surface area contributed by atoms with Crippen molar-refractivity contribution in [3.8, 4) is 0 Å². The van der Waals surface area contributed by atoms with Crippen LogP contribution in [0.4, 0.5) is 9.18 Å². The Morgan fingerprint density at radius 3 is 2.56 bits per heavy atom. The number of benzene rings is 1. The van der Waals surface area contributed by atoms with Crippen LogP contribution >= 0.6 is 0 Å². The number of rotatable bonds is 2. The first-order chi connectivity index (χ1) is 7.65. The molecule has 0 atom stereocenters. The van der Waals surface area contributed by atoms with Gasteiger partial charge in [0.2, 0.25) is 5.91 Å². The zero-order valence-corrected chi connectivity index (χ0v) is 8.18. The molecule has 3 amide bonds. The lowest BCUT2D eigenvalue weighted by Gasteiger charge is -2.03. The molecule has 1 aliphatic heterocycles. The average Bonchev–Trinajstić information content (AvgIpc) is 2.57. The normalized spacial score (nSPS) is 15.9. The Labute approximate surface area is 90.5 Å². The van der Waals surface area contributed by atoms with E-state index in [0.29, 0.717) is 5.56 Å². The van der Waals surface area contributed by atoms with Crippen LogP contribution in [0.25, 0.3) is 0 Å². The molecule has 0 spiro atoms. The van der Waals surface area contributed by atoms with E-state index in [2.05, 4.69) is 10.4 Å². The van der Waals surface area contributed by atoms with Crippen LogP contribution in [-0.4, -0.2) is 29.7 Å². The van der Waals surface area contributed by atoms with Crippen LogP contribution < -0.4 is 5.32 Å². The molecule has 1 heterocycles. The molecule has 1 fully saturated rings. The summed E-state index contributed by atoms with van der Waals surface area (Å²) in [4.78, 5) is 21.9. The largest absolute Gasteiger partial charge is 0.344 e. The highest BCUT2D eigenvalue weighted by atomic mass is 19.1. The summed E-state index contributed by atoms with van der Waals surface area (Å²) in [6.07, 6.45) is 1.39. The minimum Gasteiger partial charge on any atom is -0.275 e. The van der Waals surface area contributed by atoms with Crippen molar-refractivity contribution < 1.29 is 14.0 Å². The van der Waals surface area contributed by atoms with Crippen molar-refractivity contribution in [2.45, 2.75) is 0 Å². The Morgan fingerprint density at radius 2 is 2.00 bits per heavy atom. The zero-order valence-electron chi connectivity index (χ0n) is 8.18. The monoisotopic (exact) mass is 221 g/mol. The molecule has 16 heavy (non-hydrogen) atoms. The fourth-order valence-electron chi connectivity index (χ4n) is 1.21. The maximum absolute atomic E-state index is 12.6. The van der Waals surface area contributed by atoms with Crippen LogP contribution in [0.5, 0.6) is 0 Å². The first-order valence-corrected chi connectivity index (χ1v) is 4.56. The molecule has 2 rings (SSSR count). The van der Waals surface area contributed by atoms with Crippen molar-refractivity contribution in [3.63, 3.8) is 0 Å². The van der Waals surface area contributed by atoms with E-state index in [1.807, 2.05) is 0 Å². The maximum atomic E-state index is 12.6. The number of amides is 3. The van der Waals surface area contributed by atoms with Gasteiger partial charge in [-0.2, -0.15) is 5.10 Å². The Hall–Kier alpha value is -2.24. The number of hydrogen-bond acceptors (Lipinski definition) is 3. The van der Waals surface area contributed by atoms with Crippen LogP contribution in [0.1, 0.15) is 5.56 Å². The Bertz CT molecular complexity index is 456. The molecule has 1 aromatic rings. The van der Waals surface area contributed by atoms with Crippen LogP contribution in [0, 0.1) is 5.82 Å². The number of carbonyl (C=O) groups is 2. The average molecular weight is 221 g/mol. The van der Waals surface area contributed by atoms with Gasteiger partial charge in [0.25, 0.3) is 0 Å². The van der Waals surface area contributed by atoms with Crippen LogP contribution in [0.2, 0.25) is 0 Å². The number of urea groups is 1. The molecule has 1 aliphatic rings. The first kappa shape index (κ1) is 10.3. The Kier molecular flexibility index (Phi) is 2.63. The third-order valence-corrected chi connectivity index (χ3v) is 1.99. The molecule has 0 radical (unpaired) electrons. The lowest BCUT2D eigenvalue weighted by atomic mass is 10.2. The number of halogens is 1. The van der Waals surface area contributed by atoms with Gasteiger partial charge in [-0.1, -0.05) is 12.1 Å². The van der Waals surface area contributed by atoms with Crippen molar-refractivity contribution in [1.82, 2.24) is 10.3 Å². The predicted octanol–water partition coefficient (Wildman–Crippen LogP) is 0.711. The predicted molar refractivity (Wildman–Crippen MR) is 54.2 cm³/mol. The summed E-state index contributed by atoms with van der Waals surface area (Å²) in [5.74, 6) is -0.729. The van der Waals surface area contributed by atoms with Gasteiger partial charge in [-0.3, -0.25) is 10.1 Å². The van der Waals surface area contributed by atoms with Crippen molar-refractivity contribution in [1.29, 1.82) is 0 Å². The van der Waals surface area contributed by atoms with Gasteiger partial charge in [-0.05, 0) is 17.7 Å². The highest BCUT2D eigenvalue weighted by Crippen LogP contribution is 2.02. The first-order valence-electron chi connectivity index (χ1n) is 4.56. The lowest BCUT2D eigenvalue weighted by molar-refractivity contribution is -0.118. The molecule has 1 N–H and O–H groups in total. The Morgan fingerprint density at radius 1 is 1.31 bits per heavy atom. The number of nitrogens with zero attached hydrogens (tertiary/aromatic N) is 2. The van der Waals surface area contributed by atoms with E-state index in [9.17, 15) is 14.0 Å². The van der Waals surface area contributed by atoms with E-state index in [1.165, 1.54) is 30.5 Å². The summed E-state index contributed by atoms with van der Waals surface area (Å²) in [6.45, 7) is -0.0868. The van der Waals surface area contributed by atoms with E-state index in [-0.39, 0.29) is 18.3 Å². The number of hydrazone groups is 1. The number of hydrogen-bond donors (Lipinski definition) is 1. The molecule has 0 unspecified atom stereocenters. The molecule has 1 saturated heterocycles. The van der Waals surface area contributed by atoms with E-state index in [0.717, 1.165) is 5.01 Å². The minimum atomic E-state index is -0.552. The summed E-state index contributed by atoms with van der Waals surface area (Å²) in [5, 5.41) is 6.90. The molecule has 6 heteroatoms. The number of carbonyl (C=O) groups excluding carboxylic acids is 2. The van der Waals surface area contributed by atoms with Crippen LogP contribution in [-0.2, 0) is 4.79 Å². The fourth-order valence-corrected chi connectivity index (χ4v) is 1.21. The van der Waals surface area contributed by atoms with Crippen molar-refractivity contribution >= 4 is 18.2 Å². The van der Waals surface area contributed by atoms with Crippen molar-refractivity contribution in [2.75, 3.05) is 6.54 Å². The maximum Gasteiger partial charge on any atom is 0.344 e. The molecule has 1 aromatic carbocycles. The molecule has 0 bridgehead atoms. The van der Waals surface area contributed by atoms with Crippen LogP contribution in [0.3, 0.4) is 0 Å². The van der Waals surface area contributed by atoms with Crippen molar-refractivity contribution in [3.05, 3.63) is 35.6 Å². The summed E-state index contributed by atoms with van der Waals surface area (Å²) in [5.41, 5.74) is 0.647. The van der Waals surface area contributed by atoms with Gasteiger partial charge in [0.05, 0.1) is 6.21 Å². The SMILES string of the molecule is O=C1CN(/N=C/c2ccc(F)cc2)C(=O)N1.